The summed E-state index contributed by atoms with van der Waals surface area (Å²) in [7, 11) is 1.60. The zero-order valence-corrected chi connectivity index (χ0v) is 11.7. The van der Waals surface area contributed by atoms with Gasteiger partial charge in [0.05, 0.1) is 25.1 Å². The Labute approximate surface area is 118 Å². The van der Waals surface area contributed by atoms with E-state index in [9.17, 15) is 0 Å². The number of pyridine rings is 1. The molecule has 0 saturated heterocycles. The van der Waals surface area contributed by atoms with Gasteiger partial charge in [0.25, 0.3) is 0 Å². The molecule has 106 valence electrons. The van der Waals surface area contributed by atoms with Crippen LogP contribution in [0.1, 0.15) is 12.5 Å². The summed E-state index contributed by atoms with van der Waals surface area (Å²) in [6.07, 6.45) is 1.77. The Kier molecular flexibility index (Phi) is 4.65. The molecule has 1 heterocycles. The predicted molar refractivity (Wildman–Crippen MR) is 80.1 cm³/mol. The highest BCUT2D eigenvalue weighted by molar-refractivity contribution is 5.72. The normalized spacial score (nSPS) is 10.1. The van der Waals surface area contributed by atoms with E-state index in [4.69, 9.17) is 15.2 Å². The first kappa shape index (κ1) is 14.0. The van der Waals surface area contributed by atoms with E-state index in [0.717, 1.165) is 11.3 Å². The number of nitrogen functional groups attached to an aromatic ring is 1. The number of methoxy groups -OCH3 is 1. The maximum Gasteiger partial charge on any atom is 0.212 e. The number of rotatable bonds is 6. The van der Waals surface area contributed by atoms with Crippen LogP contribution in [-0.2, 0) is 6.54 Å². The minimum atomic E-state index is 0.593. The lowest BCUT2D eigenvalue weighted by Gasteiger charge is -2.13. The van der Waals surface area contributed by atoms with E-state index in [1.807, 2.05) is 37.3 Å². The Bertz CT molecular complexity index is 556. The predicted octanol–water partition coefficient (Wildman–Crippen LogP) is 2.68. The molecule has 20 heavy (non-hydrogen) atoms. The third-order valence-corrected chi connectivity index (χ3v) is 2.86. The highest BCUT2D eigenvalue weighted by atomic mass is 16.5. The Balaban J connectivity index is 2.04. The second-order valence-corrected chi connectivity index (χ2v) is 4.21. The molecule has 2 aromatic rings. The minimum Gasteiger partial charge on any atom is -0.492 e. The minimum absolute atomic E-state index is 0.593. The smallest absolute Gasteiger partial charge is 0.212 e. The fourth-order valence-electron chi connectivity index (χ4n) is 1.81. The molecule has 0 amide bonds. The van der Waals surface area contributed by atoms with Gasteiger partial charge in [0.1, 0.15) is 5.75 Å². The maximum absolute atomic E-state index is 6.06. The van der Waals surface area contributed by atoms with Crippen LogP contribution in [0.25, 0.3) is 0 Å². The van der Waals surface area contributed by atoms with Crippen molar-refractivity contribution in [1.82, 2.24) is 4.98 Å². The van der Waals surface area contributed by atoms with Gasteiger partial charge in [-0.3, -0.25) is 0 Å². The van der Waals surface area contributed by atoms with Crippen LogP contribution in [0, 0.1) is 0 Å². The molecule has 0 bridgehead atoms. The van der Waals surface area contributed by atoms with Crippen LogP contribution in [0.4, 0.5) is 11.4 Å². The van der Waals surface area contributed by atoms with Gasteiger partial charge >= 0.3 is 0 Å². The number of ether oxygens (including phenoxy) is 2. The van der Waals surface area contributed by atoms with Crippen molar-refractivity contribution in [3.05, 3.63) is 42.1 Å². The summed E-state index contributed by atoms with van der Waals surface area (Å²) in [5.41, 5.74) is 8.58. The first-order valence-corrected chi connectivity index (χ1v) is 6.48. The lowest BCUT2D eigenvalue weighted by Crippen LogP contribution is -2.05. The van der Waals surface area contributed by atoms with Crippen molar-refractivity contribution < 1.29 is 9.47 Å². The van der Waals surface area contributed by atoms with Crippen LogP contribution in [0.2, 0.25) is 0 Å². The molecular weight excluding hydrogens is 254 g/mol. The number of benzene rings is 1. The number of aromatic nitrogens is 1. The Morgan fingerprint density at radius 2 is 2.10 bits per heavy atom. The molecular formula is C15H19N3O2. The molecule has 1 aromatic heterocycles. The molecule has 2 rings (SSSR count). The van der Waals surface area contributed by atoms with Gasteiger partial charge in [0, 0.05) is 18.8 Å². The summed E-state index contributed by atoms with van der Waals surface area (Å²) < 4.78 is 10.5. The van der Waals surface area contributed by atoms with Gasteiger partial charge in [0.2, 0.25) is 5.88 Å². The molecule has 0 aliphatic rings. The average Bonchev–Trinajstić information content (AvgIpc) is 2.49. The van der Waals surface area contributed by atoms with E-state index < -0.39 is 0 Å². The van der Waals surface area contributed by atoms with Gasteiger partial charge < -0.3 is 20.5 Å². The van der Waals surface area contributed by atoms with Crippen LogP contribution in [0.3, 0.4) is 0 Å². The monoisotopic (exact) mass is 273 g/mol. The number of nitrogens with one attached hydrogen (secondary N) is 1. The second-order valence-electron chi connectivity index (χ2n) is 4.21. The van der Waals surface area contributed by atoms with Gasteiger partial charge in [-0.2, -0.15) is 0 Å². The maximum atomic E-state index is 6.06. The third kappa shape index (κ3) is 3.32. The SMILES string of the molecule is CCOc1cccc(NCc2ccc(OC)nc2)c1N. The van der Waals surface area contributed by atoms with Crippen molar-refractivity contribution in [3.63, 3.8) is 0 Å². The van der Waals surface area contributed by atoms with E-state index in [2.05, 4.69) is 10.3 Å². The summed E-state index contributed by atoms with van der Waals surface area (Å²) in [4.78, 5) is 4.16. The molecule has 1 aromatic carbocycles. The summed E-state index contributed by atoms with van der Waals surface area (Å²) in [5, 5.41) is 3.28. The highest BCUT2D eigenvalue weighted by Crippen LogP contribution is 2.29. The van der Waals surface area contributed by atoms with Crippen molar-refractivity contribution in [2.24, 2.45) is 0 Å². The summed E-state index contributed by atoms with van der Waals surface area (Å²) in [6.45, 7) is 3.16. The van der Waals surface area contributed by atoms with Gasteiger partial charge in [-0.15, -0.1) is 0 Å². The molecule has 0 unspecified atom stereocenters. The van der Waals surface area contributed by atoms with E-state index in [1.165, 1.54) is 0 Å². The van der Waals surface area contributed by atoms with Crippen molar-refractivity contribution in [3.8, 4) is 11.6 Å². The van der Waals surface area contributed by atoms with E-state index in [-0.39, 0.29) is 0 Å². The molecule has 0 atom stereocenters. The Hall–Kier alpha value is -2.43. The topological polar surface area (TPSA) is 69.4 Å². The molecule has 0 radical (unpaired) electrons. The molecule has 0 aliphatic heterocycles. The number of para-hydroxylation sites is 1. The van der Waals surface area contributed by atoms with Crippen molar-refractivity contribution in [1.29, 1.82) is 0 Å². The fraction of sp³-hybridized carbons (Fsp3) is 0.267. The number of nitrogens with two attached hydrogens (primary N) is 1. The number of hydrogen-bond acceptors (Lipinski definition) is 5. The lowest BCUT2D eigenvalue weighted by molar-refractivity contribution is 0.342. The van der Waals surface area contributed by atoms with E-state index in [0.29, 0.717) is 30.5 Å². The van der Waals surface area contributed by atoms with Gasteiger partial charge in [-0.05, 0) is 24.6 Å². The zero-order chi connectivity index (χ0) is 14.4. The second kappa shape index (κ2) is 6.65. The average molecular weight is 273 g/mol. The molecule has 0 spiro atoms. The van der Waals surface area contributed by atoms with Crippen LogP contribution >= 0.6 is 0 Å². The number of nitrogens with zero attached hydrogens (tertiary/aromatic N) is 1. The van der Waals surface area contributed by atoms with Gasteiger partial charge in [-0.1, -0.05) is 12.1 Å². The summed E-state index contributed by atoms with van der Waals surface area (Å²) in [6, 6.07) is 9.49. The van der Waals surface area contributed by atoms with Crippen LogP contribution in [0.15, 0.2) is 36.5 Å². The first-order valence-electron chi connectivity index (χ1n) is 6.48. The van der Waals surface area contributed by atoms with E-state index >= 15 is 0 Å². The number of hydrogen-bond donors (Lipinski definition) is 2. The number of anilines is 2. The quantitative estimate of drug-likeness (QED) is 0.792. The van der Waals surface area contributed by atoms with Crippen LogP contribution in [-0.4, -0.2) is 18.7 Å². The molecule has 5 nitrogen and oxygen atoms in total. The third-order valence-electron chi connectivity index (χ3n) is 2.86. The summed E-state index contributed by atoms with van der Waals surface area (Å²) >= 11 is 0. The Morgan fingerprint density at radius 3 is 2.75 bits per heavy atom. The lowest BCUT2D eigenvalue weighted by atomic mass is 10.2. The summed E-state index contributed by atoms with van der Waals surface area (Å²) in [5.74, 6) is 1.30. The fourth-order valence-corrected chi connectivity index (χ4v) is 1.81. The molecule has 5 heteroatoms. The standard InChI is InChI=1S/C15H19N3O2/c1-3-20-13-6-4-5-12(15(13)16)17-9-11-7-8-14(19-2)18-10-11/h4-8,10,17H,3,9,16H2,1-2H3. The molecule has 0 fully saturated rings. The van der Waals surface area contributed by atoms with Gasteiger partial charge in [0.15, 0.2) is 0 Å². The molecule has 0 aliphatic carbocycles. The zero-order valence-electron chi connectivity index (χ0n) is 11.7. The molecule has 0 saturated carbocycles. The van der Waals surface area contributed by atoms with Crippen molar-refractivity contribution in [2.45, 2.75) is 13.5 Å². The van der Waals surface area contributed by atoms with Crippen molar-refractivity contribution in [2.75, 3.05) is 24.8 Å². The molecule has 3 N–H and O–H groups in total. The Morgan fingerprint density at radius 1 is 1.25 bits per heavy atom. The largest absolute Gasteiger partial charge is 0.492 e. The van der Waals surface area contributed by atoms with Crippen LogP contribution < -0.4 is 20.5 Å². The van der Waals surface area contributed by atoms with Crippen molar-refractivity contribution >= 4 is 11.4 Å². The van der Waals surface area contributed by atoms with Gasteiger partial charge in [-0.25, -0.2) is 4.98 Å². The first-order chi connectivity index (χ1) is 9.74. The van der Waals surface area contributed by atoms with E-state index in [1.54, 1.807) is 13.3 Å². The highest BCUT2D eigenvalue weighted by Gasteiger charge is 2.05. The van der Waals surface area contributed by atoms with Crippen LogP contribution in [0.5, 0.6) is 11.6 Å².